The van der Waals surface area contributed by atoms with Crippen molar-refractivity contribution in [1.29, 1.82) is 0 Å². The van der Waals surface area contributed by atoms with Crippen LogP contribution in [0.5, 0.6) is 0 Å². The van der Waals surface area contributed by atoms with E-state index in [0.29, 0.717) is 5.57 Å². The van der Waals surface area contributed by atoms with Gasteiger partial charge in [-0.3, -0.25) is 4.79 Å². The molecule has 3 nitrogen and oxygen atoms in total. The Hall–Kier alpha value is -0.540. The summed E-state index contributed by atoms with van der Waals surface area (Å²) in [7, 11) is 4.47. The number of hydrogen-bond acceptors (Lipinski definition) is 1. The number of carbonyl (C=O) groups is 1. The van der Waals surface area contributed by atoms with E-state index in [2.05, 4.69) is 34.5 Å². The van der Waals surface area contributed by atoms with Gasteiger partial charge >= 0.3 is 0 Å². The molecule has 0 unspecified atom stereocenters. The minimum atomic E-state index is -0.435. The Morgan fingerprint density at radius 3 is 1.50 bits per heavy atom. The third-order valence-electron chi connectivity index (χ3n) is 2.13. The SMILES string of the molecule is C=C(C)C(N)=O.CC[N+](C)(C)CC.[Cl-]. The van der Waals surface area contributed by atoms with E-state index in [1.165, 1.54) is 13.1 Å². The summed E-state index contributed by atoms with van der Waals surface area (Å²) in [5, 5.41) is 0. The van der Waals surface area contributed by atoms with Gasteiger partial charge in [0, 0.05) is 5.57 Å². The van der Waals surface area contributed by atoms with Gasteiger partial charge in [-0.25, -0.2) is 0 Å². The number of amides is 1. The van der Waals surface area contributed by atoms with E-state index >= 15 is 0 Å². The maximum absolute atomic E-state index is 9.82. The summed E-state index contributed by atoms with van der Waals surface area (Å²) >= 11 is 0. The van der Waals surface area contributed by atoms with Crippen LogP contribution in [-0.4, -0.2) is 37.6 Å². The second kappa shape index (κ2) is 9.03. The summed E-state index contributed by atoms with van der Waals surface area (Å²) in [5.41, 5.74) is 5.09. The number of halogens is 1. The third kappa shape index (κ3) is 14.0. The number of rotatable bonds is 3. The molecule has 86 valence electrons. The van der Waals surface area contributed by atoms with E-state index in [1.54, 1.807) is 6.92 Å². The molecule has 1 amide bonds. The Balaban J connectivity index is -0.000000163. The summed E-state index contributed by atoms with van der Waals surface area (Å²) < 4.78 is 1.14. The van der Waals surface area contributed by atoms with Gasteiger partial charge in [0.05, 0.1) is 27.2 Å². The van der Waals surface area contributed by atoms with E-state index < -0.39 is 5.91 Å². The zero-order chi connectivity index (χ0) is 11.1. The van der Waals surface area contributed by atoms with Crippen LogP contribution in [0.3, 0.4) is 0 Å². The number of nitrogens with zero attached hydrogens (tertiary/aromatic N) is 1. The van der Waals surface area contributed by atoms with E-state index in [0.717, 1.165) is 4.48 Å². The van der Waals surface area contributed by atoms with Crippen LogP contribution in [0.4, 0.5) is 0 Å². The Morgan fingerprint density at radius 1 is 1.29 bits per heavy atom. The predicted octanol–water partition coefficient (Wildman–Crippen LogP) is -1.85. The summed E-state index contributed by atoms with van der Waals surface area (Å²) in [6, 6.07) is 0. The van der Waals surface area contributed by atoms with Crippen molar-refractivity contribution < 1.29 is 21.7 Å². The second-order valence-corrected chi connectivity index (χ2v) is 3.71. The topological polar surface area (TPSA) is 43.1 Å². The van der Waals surface area contributed by atoms with Crippen LogP contribution < -0.4 is 18.1 Å². The summed E-state index contributed by atoms with van der Waals surface area (Å²) in [4.78, 5) is 9.82. The first-order chi connectivity index (χ1) is 5.76. The van der Waals surface area contributed by atoms with Gasteiger partial charge in [-0.15, -0.1) is 0 Å². The molecule has 0 aromatic carbocycles. The van der Waals surface area contributed by atoms with Crippen molar-refractivity contribution in [3.8, 4) is 0 Å². The molecule has 0 spiro atoms. The van der Waals surface area contributed by atoms with E-state index in [-0.39, 0.29) is 12.4 Å². The molecule has 4 heteroatoms. The summed E-state index contributed by atoms with van der Waals surface area (Å²) in [6.45, 7) is 11.7. The Labute approximate surface area is 94.0 Å². The average molecular weight is 223 g/mol. The highest BCUT2D eigenvalue weighted by molar-refractivity contribution is 5.90. The molecule has 0 saturated heterocycles. The zero-order valence-corrected chi connectivity index (χ0v) is 10.7. The molecule has 0 aliphatic carbocycles. The monoisotopic (exact) mass is 222 g/mol. The molecule has 14 heavy (non-hydrogen) atoms. The lowest BCUT2D eigenvalue weighted by Crippen LogP contribution is -3.00. The largest absolute Gasteiger partial charge is 1.00 e. The maximum Gasteiger partial charge on any atom is 0.243 e. The first-order valence-corrected chi connectivity index (χ1v) is 4.54. The van der Waals surface area contributed by atoms with Crippen molar-refractivity contribution in [2.75, 3.05) is 27.2 Å². The first kappa shape index (κ1) is 19.1. The number of quaternary nitrogens is 1. The lowest BCUT2D eigenvalue weighted by atomic mass is 10.3. The van der Waals surface area contributed by atoms with Crippen LogP contribution >= 0.6 is 0 Å². The fourth-order valence-electron chi connectivity index (χ4n) is 0.224. The van der Waals surface area contributed by atoms with Crippen LogP contribution in [0.1, 0.15) is 20.8 Å². The van der Waals surface area contributed by atoms with Gasteiger partial charge < -0.3 is 22.6 Å². The average Bonchev–Trinajstić information content (AvgIpc) is 2.05. The van der Waals surface area contributed by atoms with Gasteiger partial charge in [-0.1, -0.05) is 6.58 Å². The molecule has 0 aliphatic heterocycles. The highest BCUT2D eigenvalue weighted by Crippen LogP contribution is 1.91. The lowest BCUT2D eigenvalue weighted by Gasteiger charge is -2.25. The highest BCUT2D eigenvalue weighted by atomic mass is 35.5. The Kier molecular flexibility index (Phi) is 12.3. The van der Waals surface area contributed by atoms with Crippen LogP contribution in [0.2, 0.25) is 0 Å². The number of primary amides is 1. The molecule has 0 fully saturated rings. The normalized spacial score (nSPS) is 9.21. The Bertz CT molecular complexity index is 161. The minimum absolute atomic E-state index is 0. The van der Waals surface area contributed by atoms with E-state index in [9.17, 15) is 4.79 Å². The van der Waals surface area contributed by atoms with Crippen LogP contribution in [0.15, 0.2) is 12.2 Å². The van der Waals surface area contributed by atoms with Crippen molar-refractivity contribution in [3.05, 3.63) is 12.2 Å². The predicted molar refractivity (Wildman–Crippen MR) is 57.2 cm³/mol. The van der Waals surface area contributed by atoms with Crippen molar-refractivity contribution in [3.63, 3.8) is 0 Å². The first-order valence-electron chi connectivity index (χ1n) is 4.54. The van der Waals surface area contributed by atoms with E-state index in [1.807, 2.05) is 0 Å². The van der Waals surface area contributed by atoms with Crippen LogP contribution in [-0.2, 0) is 4.79 Å². The minimum Gasteiger partial charge on any atom is -1.00 e. The molecule has 0 atom stereocenters. The molecule has 0 saturated carbocycles. The highest BCUT2D eigenvalue weighted by Gasteiger charge is 2.04. The van der Waals surface area contributed by atoms with Gasteiger partial charge in [0.15, 0.2) is 0 Å². The van der Waals surface area contributed by atoms with Gasteiger partial charge in [0.25, 0.3) is 0 Å². The van der Waals surface area contributed by atoms with Crippen molar-refractivity contribution >= 4 is 5.91 Å². The van der Waals surface area contributed by atoms with Crippen molar-refractivity contribution in [2.24, 2.45) is 5.73 Å². The molecule has 2 N–H and O–H groups in total. The van der Waals surface area contributed by atoms with Gasteiger partial charge in [0.1, 0.15) is 0 Å². The number of hydrogen-bond donors (Lipinski definition) is 1. The van der Waals surface area contributed by atoms with Gasteiger partial charge in [-0.05, 0) is 20.8 Å². The van der Waals surface area contributed by atoms with Crippen molar-refractivity contribution in [1.82, 2.24) is 0 Å². The lowest BCUT2D eigenvalue weighted by molar-refractivity contribution is -0.886. The number of carbonyl (C=O) groups excluding carboxylic acids is 1. The molecule has 0 heterocycles. The second-order valence-electron chi connectivity index (χ2n) is 3.71. The summed E-state index contributed by atoms with van der Waals surface area (Å²) in [5.74, 6) is -0.435. The molecule has 0 bridgehead atoms. The Morgan fingerprint density at radius 2 is 1.50 bits per heavy atom. The maximum atomic E-state index is 9.82. The smallest absolute Gasteiger partial charge is 0.243 e. The van der Waals surface area contributed by atoms with Crippen LogP contribution in [0, 0.1) is 0 Å². The van der Waals surface area contributed by atoms with Gasteiger partial charge in [0.2, 0.25) is 5.91 Å². The van der Waals surface area contributed by atoms with Crippen LogP contribution in [0.25, 0.3) is 0 Å². The fraction of sp³-hybridized carbons (Fsp3) is 0.700. The van der Waals surface area contributed by atoms with E-state index in [4.69, 9.17) is 5.73 Å². The quantitative estimate of drug-likeness (QED) is 0.443. The molecule has 0 aliphatic rings. The standard InChI is InChI=1S/C6H16N.C4H7NO.ClH/c1-5-7(3,4)6-2;1-3(2)4(5)6;/h5-6H2,1-4H3;1H2,2H3,(H2,5,6);1H/q+1;;/p-1. The molecule has 0 radical (unpaired) electrons. The molecule has 0 aromatic rings. The number of nitrogens with two attached hydrogens (primary N) is 1. The fourth-order valence-corrected chi connectivity index (χ4v) is 0.224. The summed E-state index contributed by atoms with van der Waals surface area (Å²) in [6.07, 6.45) is 0. The zero-order valence-electron chi connectivity index (χ0n) is 9.93. The molecular formula is C10H23ClN2O. The third-order valence-corrected chi connectivity index (χ3v) is 2.13. The molecule has 0 rings (SSSR count). The molecule has 0 aromatic heterocycles. The van der Waals surface area contributed by atoms with Crippen molar-refractivity contribution in [2.45, 2.75) is 20.8 Å². The van der Waals surface area contributed by atoms with Gasteiger partial charge in [-0.2, -0.15) is 0 Å². The molecular weight excluding hydrogens is 200 g/mol.